The zero-order valence-corrected chi connectivity index (χ0v) is 15.4. The van der Waals surface area contributed by atoms with Crippen molar-refractivity contribution in [1.29, 1.82) is 0 Å². The third kappa shape index (κ3) is 4.81. The van der Waals surface area contributed by atoms with E-state index in [1.54, 1.807) is 4.90 Å². The van der Waals surface area contributed by atoms with Crippen LogP contribution >= 0.6 is 24.0 Å². The molecule has 10 heteroatoms. The molecule has 0 aliphatic carbocycles. The number of halogens is 2. The van der Waals surface area contributed by atoms with Crippen LogP contribution in [0.15, 0.2) is 18.2 Å². The van der Waals surface area contributed by atoms with Crippen LogP contribution in [0.1, 0.15) is 24.2 Å². The van der Waals surface area contributed by atoms with Crippen LogP contribution in [0.25, 0.3) is 0 Å². The van der Waals surface area contributed by atoms with E-state index in [0.29, 0.717) is 13.1 Å². The number of piperazine rings is 1. The normalized spacial score (nSPS) is 19.7. The summed E-state index contributed by atoms with van der Waals surface area (Å²) in [4.78, 5) is 36.6. The highest BCUT2D eigenvalue weighted by molar-refractivity contribution is 6.34. The molecule has 8 nitrogen and oxygen atoms in total. The van der Waals surface area contributed by atoms with Gasteiger partial charge in [-0.05, 0) is 19.9 Å². The minimum Gasteiger partial charge on any atom is -0.343 e. The number of hydrogen-bond acceptors (Lipinski definition) is 5. The van der Waals surface area contributed by atoms with Crippen LogP contribution in [0.5, 0.6) is 0 Å². The van der Waals surface area contributed by atoms with E-state index in [1.807, 2.05) is 13.8 Å². The molecule has 1 aliphatic heterocycles. The van der Waals surface area contributed by atoms with E-state index in [0.717, 1.165) is 0 Å². The maximum Gasteiger partial charge on any atom is 0.283 e. The molecule has 2 amide bonds. The first-order chi connectivity index (χ1) is 11.3. The molecule has 1 aromatic rings. The van der Waals surface area contributed by atoms with Gasteiger partial charge in [-0.2, -0.15) is 0 Å². The maximum absolute atomic E-state index is 12.3. The van der Waals surface area contributed by atoms with Crippen LogP contribution in [-0.2, 0) is 4.79 Å². The molecule has 1 heterocycles. The van der Waals surface area contributed by atoms with Gasteiger partial charge in [-0.25, -0.2) is 0 Å². The average Bonchev–Trinajstić information content (AvgIpc) is 2.54. The highest BCUT2D eigenvalue weighted by atomic mass is 35.5. The predicted octanol–water partition coefficient (Wildman–Crippen LogP) is 1.61. The minimum absolute atomic E-state index is 0. The maximum atomic E-state index is 12.3. The molecule has 1 aliphatic rings. The summed E-state index contributed by atoms with van der Waals surface area (Å²) >= 11 is 5.91. The average molecular weight is 391 g/mol. The van der Waals surface area contributed by atoms with Crippen molar-refractivity contribution in [2.75, 3.05) is 19.6 Å². The molecule has 1 aromatic carbocycles. The largest absolute Gasteiger partial charge is 0.343 e. The fourth-order valence-electron chi connectivity index (χ4n) is 2.64. The van der Waals surface area contributed by atoms with Crippen molar-refractivity contribution in [3.63, 3.8) is 0 Å². The van der Waals surface area contributed by atoms with E-state index in [2.05, 4.69) is 10.6 Å². The Morgan fingerprint density at radius 1 is 1.44 bits per heavy atom. The van der Waals surface area contributed by atoms with Gasteiger partial charge in [0.2, 0.25) is 5.91 Å². The quantitative estimate of drug-likeness (QED) is 0.600. The third-order valence-electron chi connectivity index (χ3n) is 4.17. The Labute approximate surface area is 156 Å². The molecule has 1 saturated heterocycles. The molecule has 0 bridgehead atoms. The molecule has 0 spiro atoms. The van der Waals surface area contributed by atoms with E-state index in [9.17, 15) is 19.7 Å². The molecule has 2 N–H and O–H groups in total. The van der Waals surface area contributed by atoms with Crippen LogP contribution in [0, 0.1) is 10.1 Å². The Hall–Kier alpha value is -1.90. The number of hydrogen-bond donors (Lipinski definition) is 2. The first kappa shape index (κ1) is 21.1. The van der Waals surface area contributed by atoms with Gasteiger partial charge in [0.05, 0.1) is 16.5 Å². The lowest BCUT2D eigenvalue weighted by atomic mass is 10.1. The number of amides is 2. The van der Waals surface area contributed by atoms with E-state index in [1.165, 1.54) is 18.2 Å². The Morgan fingerprint density at radius 3 is 2.76 bits per heavy atom. The number of carbonyl (C=O) groups excluding carboxylic acids is 2. The summed E-state index contributed by atoms with van der Waals surface area (Å²) in [6.07, 6.45) is 0. The van der Waals surface area contributed by atoms with E-state index in [-0.39, 0.29) is 47.5 Å². The SMILES string of the molecule is CC1NCCN(C(=O)CNC(=O)c2c(Cl)cccc2[N+](=O)[O-])C1C.Cl. The van der Waals surface area contributed by atoms with Gasteiger partial charge in [0.25, 0.3) is 11.6 Å². The fourth-order valence-corrected chi connectivity index (χ4v) is 2.90. The van der Waals surface area contributed by atoms with Gasteiger partial charge in [-0.3, -0.25) is 19.7 Å². The lowest BCUT2D eigenvalue weighted by molar-refractivity contribution is -0.385. The van der Waals surface area contributed by atoms with Crippen molar-refractivity contribution < 1.29 is 14.5 Å². The lowest BCUT2D eigenvalue weighted by Crippen LogP contribution is -2.58. The van der Waals surface area contributed by atoms with Crippen molar-refractivity contribution in [1.82, 2.24) is 15.5 Å². The monoisotopic (exact) mass is 390 g/mol. The van der Waals surface area contributed by atoms with Crippen LogP contribution in [0.2, 0.25) is 5.02 Å². The predicted molar refractivity (Wildman–Crippen MR) is 96.3 cm³/mol. The molecule has 25 heavy (non-hydrogen) atoms. The Kier molecular flexibility index (Phi) is 7.60. The molecule has 2 rings (SSSR count). The van der Waals surface area contributed by atoms with Gasteiger partial charge in [0.15, 0.2) is 0 Å². The molecule has 2 atom stereocenters. The van der Waals surface area contributed by atoms with Gasteiger partial charge in [0.1, 0.15) is 5.56 Å². The Balaban J connectivity index is 0.00000312. The Morgan fingerprint density at radius 2 is 2.12 bits per heavy atom. The second-order valence-corrected chi connectivity index (χ2v) is 6.05. The fraction of sp³-hybridized carbons (Fsp3) is 0.467. The standard InChI is InChI=1S/C15H19ClN4O4.ClH/c1-9-10(2)19(7-6-17-9)13(21)8-18-15(22)14-11(16)4-3-5-12(14)20(23)24;/h3-5,9-10,17H,6-8H2,1-2H3,(H,18,22);1H. The highest BCUT2D eigenvalue weighted by Crippen LogP contribution is 2.25. The first-order valence-electron chi connectivity index (χ1n) is 7.57. The summed E-state index contributed by atoms with van der Waals surface area (Å²) in [5, 5.41) is 16.7. The Bertz CT molecular complexity index is 671. The molecule has 138 valence electrons. The molecule has 1 fully saturated rings. The lowest BCUT2D eigenvalue weighted by Gasteiger charge is -2.38. The van der Waals surface area contributed by atoms with Crippen LogP contribution < -0.4 is 10.6 Å². The summed E-state index contributed by atoms with van der Waals surface area (Å²) in [5.41, 5.74) is -0.629. The highest BCUT2D eigenvalue weighted by Gasteiger charge is 2.29. The van der Waals surface area contributed by atoms with Crippen molar-refractivity contribution in [3.05, 3.63) is 38.9 Å². The topological polar surface area (TPSA) is 105 Å². The summed E-state index contributed by atoms with van der Waals surface area (Å²) in [7, 11) is 0. The molecule has 2 unspecified atom stereocenters. The zero-order chi connectivity index (χ0) is 17.9. The zero-order valence-electron chi connectivity index (χ0n) is 13.8. The smallest absolute Gasteiger partial charge is 0.283 e. The van der Waals surface area contributed by atoms with Gasteiger partial charge >= 0.3 is 0 Å². The number of carbonyl (C=O) groups is 2. The summed E-state index contributed by atoms with van der Waals surface area (Å²) in [5.74, 6) is -0.976. The van der Waals surface area contributed by atoms with Crippen LogP contribution in [0.3, 0.4) is 0 Å². The third-order valence-corrected chi connectivity index (χ3v) is 4.49. The van der Waals surface area contributed by atoms with Gasteiger partial charge in [-0.1, -0.05) is 17.7 Å². The van der Waals surface area contributed by atoms with Gasteiger partial charge < -0.3 is 15.5 Å². The second kappa shape index (κ2) is 8.98. The van der Waals surface area contributed by atoms with Crippen molar-refractivity contribution in [2.24, 2.45) is 0 Å². The van der Waals surface area contributed by atoms with Crippen molar-refractivity contribution in [3.8, 4) is 0 Å². The molecular weight excluding hydrogens is 371 g/mol. The van der Waals surface area contributed by atoms with E-state index >= 15 is 0 Å². The first-order valence-corrected chi connectivity index (χ1v) is 7.94. The number of rotatable bonds is 4. The number of nitrogens with zero attached hydrogens (tertiary/aromatic N) is 2. The number of nitrogens with one attached hydrogen (secondary N) is 2. The number of nitro groups is 1. The summed E-state index contributed by atoms with van der Waals surface area (Å²) < 4.78 is 0. The van der Waals surface area contributed by atoms with Gasteiger partial charge in [0, 0.05) is 31.2 Å². The van der Waals surface area contributed by atoms with E-state index in [4.69, 9.17) is 11.6 Å². The molecule has 0 saturated carbocycles. The van der Waals surface area contributed by atoms with Crippen LogP contribution in [0.4, 0.5) is 5.69 Å². The minimum atomic E-state index is -0.739. The number of benzene rings is 1. The van der Waals surface area contributed by atoms with Crippen LogP contribution in [-0.4, -0.2) is 53.4 Å². The van der Waals surface area contributed by atoms with Gasteiger partial charge in [-0.15, -0.1) is 12.4 Å². The van der Waals surface area contributed by atoms with Crippen molar-refractivity contribution >= 4 is 41.5 Å². The second-order valence-electron chi connectivity index (χ2n) is 5.64. The van der Waals surface area contributed by atoms with E-state index < -0.39 is 16.5 Å². The van der Waals surface area contributed by atoms with Crippen molar-refractivity contribution in [2.45, 2.75) is 25.9 Å². The summed E-state index contributed by atoms with van der Waals surface area (Å²) in [6, 6.07) is 4.14. The number of nitro benzene ring substituents is 1. The summed E-state index contributed by atoms with van der Waals surface area (Å²) in [6.45, 7) is 4.90. The molecule has 0 radical (unpaired) electrons. The molecule has 0 aromatic heterocycles. The molecular formula is C15H20Cl2N4O4.